The van der Waals surface area contributed by atoms with E-state index in [-0.39, 0.29) is 5.41 Å². The van der Waals surface area contributed by atoms with Crippen molar-refractivity contribution in [3.8, 4) is 0 Å². The first kappa shape index (κ1) is 13.2. The van der Waals surface area contributed by atoms with Gasteiger partial charge in [-0.3, -0.25) is 9.69 Å². The van der Waals surface area contributed by atoms with E-state index < -0.39 is 0 Å². The molecule has 17 heavy (non-hydrogen) atoms. The van der Waals surface area contributed by atoms with Crippen LogP contribution in [0.4, 0.5) is 0 Å². The Bertz CT molecular complexity index is 303. The van der Waals surface area contributed by atoms with Crippen LogP contribution in [0.3, 0.4) is 0 Å². The molecule has 2 aliphatic rings. The van der Waals surface area contributed by atoms with Crippen molar-refractivity contribution in [1.29, 1.82) is 0 Å². The van der Waals surface area contributed by atoms with E-state index in [0.29, 0.717) is 10.8 Å². The van der Waals surface area contributed by atoms with Crippen molar-refractivity contribution < 1.29 is 4.79 Å². The summed E-state index contributed by atoms with van der Waals surface area (Å²) in [7, 11) is 2.22. The van der Waals surface area contributed by atoms with Crippen LogP contribution >= 0.6 is 11.8 Å². The van der Waals surface area contributed by atoms with Gasteiger partial charge in [0.25, 0.3) is 0 Å². The highest BCUT2D eigenvalue weighted by Crippen LogP contribution is 2.43. The number of carbonyl (C=O) groups is 1. The summed E-state index contributed by atoms with van der Waals surface area (Å²) in [6, 6.07) is 0. The summed E-state index contributed by atoms with van der Waals surface area (Å²) in [5, 5.41) is 0. The van der Waals surface area contributed by atoms with Crippen LogP contribution in [0.5, 0.6) is 0 Å². The molecule has 2 aliphatic heterocycles. The molecule has 1 spiro atoms. The molecule has 4 heteroatoms. The largest absolute Gasteiger partial charge is 0.342 e. The van der Waals surface area contributed by atoms with E-state index in [4.69, 9.17) is 0 Å². The van der Waals surface area contributed by atoms with Crippen LogP contribution < -0.4 is 0 Å². The van der Waals surface area contributed by atoms with Gasteiger partial charge in [0.15, 0.2) is 0 Å². The molecule has 1 amide bonds. The molecule has 0 unspecified atom stereocenters. The molecule has 2 heterocycles. The summed E-state index contributed by atoms with van der Waals surface area (Å²) in [6.45, 7) is 9.07. The van der Waals surface area contributed by atoms with Crippen molar-refractivity contribution in [3.05, 3.63) is 0 Å². The number of rotatable bonds is 0. The monoisotopic (exact) mass is 256 g/mol. The Labute approximate surface area is 109 Å². The minimum atomic E-state index is -0.237. The average Bonchev–Trinajstić information content (AvgIpc) is 2.60. The van der Waals surface area contributed by atoms with Crippen molar-refractivity contribution >= 4 is 17.7 Å². The van der Waals surface area contributed by atoms with Gasteiger partial charge < -0.3 is 4.90 Å². The zero-order valence-corrected chi connectivity index (χ0v) is 12.3. The zero-order valence-electron chi connectivity index (χ0n) is 11.5. The lowest BCUT2D eigenvalue weighted by Crippen LogP contribution is -2.52. The van der Waals surface area contributed by atoms with Gasteiger partial charge in [-0.1, -0.05) is 20.8 Å². The van der Waals surface area contributed by atoms with Gasteiger partial charge in [0.1, 0.15) is 0 Å². The van der Waals surface area contributed by atoms with Crippen LogP contribution in [-0.2, 0) is 4.79 Å². The zero-order chi connectivity index (χ0) is 12.7. The van der Waals surface area contributed by atoms with Gasteiger partial charge in [-0.2, -0.15) is 0 Å². The summed E-state index contributed by atoms with van der Waals surface area (Å²) in [4.78, 5) is 17.1. The van der Waals surface area contributed by atoms with Crippen molar-refractivity contribution in [2.75, 3.05) is 32.4 Å². The molecule has 0 aromatic heterocycles. The molecule has 0 atom stereocenters. The van der Waals surface area contributed by atoms with E-state index in [0.717, 1.165) is 25.9 Å². The summed E-state index contributed by atoms with van der Waals surface area (Å²) in [5.41, 5.74) is -0.237. The second-order valence-corrected chi connectivity index (χ2v) is 7.72. The smallest absolute Gasteiger partial charge is 0.227 e. The second kappa shape index (κ2) is 4.47. The lowest BCUT2D eigenvalue weighted by atomic mass is 9.92. The normalized spacial score (nSPS) is 25.5. The third-order valence-corrected chi connectivity index (χ3v) is 5.61. The highest BCUT2D eigenvalue weighted by atomic mass is 32.2. The minimum absolute atomic E-state index is 0.237. The molecule has 2 saturated heterocycles. The quantitative estimate of drug-likeness (QED) is 0.662. The third-order valence-electron chi connectivity index (χ3n) is 3.97. The van der Waals surface area contributed by atoms with E-state index in [1.807, 2.05) is 20.8 Å². The number of likely N-dealkylation sites (tertiary alicyclic amines) is 1. The van der Waals surface area contributed by atoms with E-state index in [2.05, 4.69) is 28.6 Å². The van der Waals surface area contributed by atoms with Crippen LogP contribution in [0.2, 0.25) is 0 Å². The van der Waals surface area contributed by atoms with Crippen molar-refractivity contribution in [1.82, 2.24) is 9.80 Å². The number of piperidine rings is 1. The molecule has 2 fully saturated rings. The molecule has 0 bridgehead atoms. The number of hydrogen-bond acceptors (Lipinski definition) is 3. The molecule has 0 saturated carbocycles. The average molecular weight is 256 g/mol. The fourth-order valence-electron chi connectivity index (χ4n) is 2.75. The molecule has 0 aromatic rings. The Morgan fingerprint density at radius 2 is 1.76 bits per heavy atom. The lowest BCUT2D eigenvalue weighted by Gasteiger charge is -2.44. The topological polar surface area (TPSA) is 23.6 Å². The molecule has 0 aliphatic carbocycles. The Morgan fingerprint density at radius 1 is 1.18 bits per heavy atom. The maximum Gasteiger partial charge on any atom is 0.227 e. The van der Waals surface area contributed by atoms with Gasteiger partial charge >= 0.3 is 0 Å². The van der Waals surface area contributed by atoms with Gasteiger partial charge in [-0.15, -0.1) is 11.8 Å². The van der Waals surface area contributed by atoms with Crippen LogP contribution in [0.25, 0.3) is 0 Å². The lowest BCUT2D eigenvalue weighted by molar-refractivity contribution is -0.141. The van der Waals surface area contributed by atoms with E-state index in [9.17, 15) is 4.79 Å². The standard InChI is InChI=1S/C13H24N2OS/c1-12(2,3)11(16)15-7-5-13(6-8-15)14(4)9-10-17-13/h5-10H2,1-4H3. The summed E-state index contributed by atoms with van der Waals surface area (Å²) < 4.78 is 0. The molecule has 98 valence electrons. The fourth-order valence-corrected chi connectivity index (χ4v) is 4.27. The minimum Gasteiger partial charge on any atom is -0.342 e. The van der Waals surface area contributed by atoms with Crippen LogP contribution in [0, 0.1) is 5.41 Å². The van der Waals surface area contributed by atoms with Crippen LogP contribution in [0.1, 0.15) is 33.6 Å². The summed E-state index contributed by atoms with van der Waals surface area (Å²) in [6.07, 6.45) is 2.24. The fraction of sp³-hybridized carbons (Fsp3) is 0.923. The Kier molecular flexibility index (Phi) is 3.47. The van der Waals surface area contributed by atoms with E-state index >= 15 is 0 Å². The van der Waals surface area contributed by atoms with Crippen molar-refractivity contribution in [3.63, 3.8) is 0 Å². The first-order chi connectivity index (χ1) is 7.85. The van der Waals surface area contributed by atoms with Gasteiger partial charge in [-0.25, -0.2) is 0 Å². The second-order valence-electron chi connectivity index (χ2n) is 6.26. The van der Waals surface area contributed by atoms with Crippen molar-refractivity contribution in [2.24, 2.45) is 5.41 Å². The molecule has 3 nitrogen and oxygen atoms in total. The maximum atomic E-state index is 12.2. The predicted octanol–water partition coefficient (Wildman–Crippen LogP) is 2.03. The maximum absolute atomic E-state index is 12.2. The molecule has 0 aromatic carbocycles. The van der Waals surface area contributed by atoms with Gasteiger partial charge in [0, 0.05) is 30.8 Å². The Morgan fingerprint density at radius 3 is 2.18 bits per heavy atom. The van der Waals surface area contributed by atoms with E-state index in [1.165, 1.54) is 12.3 Å². The first-order valence-corrected chi connectivity index (χ1v) is 7.48. The van der Waals surface area contributed by atoms with Gasteiger partial charge in [0.2, 0.25) is 5.91 Å². The Balaban J connectivity index is 1.97. The number of hydrogen-bond donors (Lipinski definition) is 0. The van der Waals surface area contributed by atoms with Crippen LogP contribution in [0.15, 0.2) is 0 Å². The molecular formula is C13H24N2OS. The number of thioether (sulfide) groups is 1. The van der Waals surface area contributed by atoms with E-state index in [1.54, 1.807) is 0 Å². The molecular weight excluding hydrogens is 232 g/mol. The molecule has 0 radical (unpaired) electrons. The number of amides is 1. The SMILES string of the molecule is CN1CCSC12CCN(C(=O)C(C)(C)C)CC2. The predicted molar refractivity (Wildman–Crippen MR) is 73.1 cm³/mol. The van der Waals surface area contributed by atoms with Crippen LogP contribution in [-0.4, -0.2) is 53.0 Å². The summed E-state index contributed by atoms with van der Waals surface area (Å²) in [5.74, 6) is 1.54. The van der Waals surface area contributed by atoms with Gasteiger partial charge in [0.05, 0.1) is 4.87 Å². The first-order valence-electron chi connectivity index (χ1n) is 6.50. The highest BCUT2D eigenvalue weighted by Gasteiger charge is 2.43. The third kappa shape index (κ3) is 2.48. The summed E-state index contributed by atoms with van der Waals surface area (Å²) >= 11 is 2.08. The molecule has 2 rings (SSSR count). The molecule has 0 N–H and O–H groups in total. The number of carbonyl (C=O) groups excluding carboxylic acids is 1. The van der Waals surface area contributed by atoms with Gasteiger partial charge in [-0.05, 0) is 19.9 Å². The number of nitrogens with zero attached hydrogens (tertiary/aromatic N) is 2. The van der Waals surface area contributed by atoms with Crippen molar-refractivity contribution in [2.45, 2.75) is 38.5 Å². The Hall–Kier alpha value is -0.220. The highest BCUT2D eigenvalue weighted by molar-refractivity contribution is 8.00.